The van der Waals surface area contributed by atoms with Crippen LogP contribution in [0.15, 0.2) is 54.6 Å². The van der Waals surface area contributed by atoms with E-state index >= 15 is 0 Å². The van der Waals surface area contributed by atoms with E-state index in [-0.39, 0.29) is 5.82 Å². The van der Waals surface area contributed by atoms with Gasteiger partial charge in [-0.3, -0.25) is 0 Å². The maximum Gasteiger partial charge on any atom is 0.123 e. The van der Waals surface area contributed by atoms with Crippen molar-refractivity contribution in [1.82, 2.24) is 4.98 Å². The Morgan fingerprint density at radius 1 is 1.09 bits per heavy atom. The summed E-state index contributed by atoms with van der Waals surface area (Å²) in [7, 11) is 0. The van der Waals surface area contributed by atoms with Gasteiger partial charge in [-0.1, -0.05) is 25.1 Å². The Bertz CT molecular complexity index is 781. The van der Waals surface area contributed by atoms with Crippen molar-refractivity contribution in [2.24, 2.45) is 0 Å². The van der Waals surface area contributed by atoms with E-state index in [2.05, 4.69) is 31.3 Å². The first kappa shape index (κ1) is 14.5. The lowest BCUT2D eigenvalue weighted by molar-refractivity contribution is 0.628. The molecular weight excluding hydrogens is 275 g/mol. The number of para-hydroxylation sites is 1. The van der Waals surface area contributed by atoms with Crippen LogP contribution in [0.3, 0.4) is 0 Å². The number of rotatable bonds is 4. The molecule has 0 saturated heterocycles. The quantitative estimate of drug-likeness (QED) is 0.710. The summed E-state index contributed by atoms with van der Waals surface area (Å²) in [5.41, 5.74) is 3.70. The number of pyridine rings is 1. The molecular formula is C19H19FN2. The van der Waals surface area contributed by atoms with Crippen LogP contribution in [0.5, 0.6) is 0 Å². The van der Waals surface area contributed by atoms with Crippen molar-refractivity contribution in [3.8, 4) is 11.3 Å². The Balaban J connectivity index is 2.16. The highest BCUT2D eigenvalue weighted by Crippen LogP contribution is 2.30. The van der Waals surface area contributed by atoms with E-state index in [1.165, 1.54) is 12.1 Å². The summed E-state index contributed by atoms with van der Waals surface area (Å²) in [5.74, 6) is -0.235. The number of anilines is 1. The fourth-order valence-corrected chi connectivity index (χ4v) is 2.42. The smallest absolute Gasteiger partial charge is 0.123 e. The zero-order chi connectivity index (χ0) is 15.5. The van der Waals surface area contributed by atoms with Crippen molar-refractivity contribution in [2.45, 2.75) is 26.3 Å². The molecule has 1 N–H and O–H groups in total. The van der Waals surface area contributed by atoms with Gasteiger partial charge in [0.1, 0.15) is 5.82 Å². The van der Waals surface area contributed by atoms with E-state index in [1.807, 2.05) is 18.2 Å². The summed E-state index contributed by atoms with van der Waals surface area (Å²) in [6, 6.07) is 17.0. The van der Waals surface area contributed by atoms with Crippen LogP contribution >= 0.6 is 0 Å². The van der Waals surface area contributed by atoms with E-state index in [9.17, 15) is 4.39 Å². The molecule has 0 saturated carbocycles. The molecule has 0 radical (unpaired) electrons. The molecule has 112 valence electrons. The second kappa shape index (κ2) is 6.14. The van der Waals surface area contributed by atoms with Gasteiger partial charge in [0, 0.05) is 17.0 Å². The Morgan fingerprint density at radius 3 is 2.55 bits per heavy atom. The lowest BCUT2D eigenvalue weighted by Crippen LogP contribution is -2.14. The Hall–Kier alpha value is -2.42. The molecule has 3 rings (SSSR count). The first-order valence-corrected chi connectivity index (χ1v) is 7.59. The van der Waals surface area contributed by atoms with Gasteiger partial charge in [-0.25, -0.2) is 9.37 Å². The van der Waals surface area contributed by atoms with Crippen LogP contribution in [0.25, 0.3) is 22.2 Å². The highest BCUT2D eigenvalue weighted by Gasteiger charge is 2.11. The maximum absolute atomic E-state index is 13.2. The summed E-state index contributed by atoms with van der Waals surface area (Å²) in [4.78, 5) is 4.78. The van der Waals surface area contributed by atoms with Crippen molar-refractivity contribution in [3.05, 3.63) is 60.4 Å². The molecule has 0 aliphatic carbocycles. The summed E-state index contributed by atoms with van der Waals surface area (Å²) in [5, 5.41) is 4.61. The summed E-state index contributed by atoms with van der Waals surface area (Å²) in [6.45, 7) is 4.29. The molecule has 2 nitrogen and oxygen atoms in total. The van der Waals surface area contributed by atoms with Gasteiger partial charge in [-0.05, 0) is 49.7 Å². The summed E-state index contributed by atoms with van der Waals surface area (Å²) in [6.07, 6.45) is 1.02. The number of nitrogens with zero attached hydrogens (tertiary/aromatic N) is 1. The third-order valence-electron chi connectivity index (χ3n) is 3.86. The zero-order valence-electron chi connectivity index (χ0n) is 12.8. The van der Waals surface area contributed by atoms with Crippen molar-refractivity contribution in [3.63, 3.8) is 0 Å². The van der Waals surface area contributed by atoms with Gasteiger partial charge in [0.15, 0.2) is 0 Å². The van der Waals surface area contributed by atoms with Gasteiger partial charge in [-0.15, -0.1) is 0 Å². The van der Waals surface area contributed by atoms with Crippen molar-refractivity contribution in [2.75, 3.05) is 5.32 Å². The Labute approximate surface area is 130 Å². The molecule has 22 heavy (non-hydrogen) atoms. The molecule has 1 heterocycles. The summed E-state index contributed by atoms with van der Waals surface area (Å²) < 4.78 is 13.2. The lowest BCUT2D eigenvalue weighted by Gasteiger charge is -2.17. The van der Waals surface area contributed by atoms with E-state index in [1.54, 1.807) is 12.1 Å². The Kier molecular flexibility index (Phi) is 4.05. The minimum atomic E-state index is -0.235. The molecule has 0 fully saturated rings. The van der Waals surface area contributed by atoms with Gasteiger partial charge >= 0.3 is 0 Å². The minimum Gasteiger partial charge on any atom is -0.381 e. The number of hydrogen-bond donors (Lipinski definition) is 1. The van der Waals surface area contributed by atoms with Gasteiger partial charge in [0.05, 0.1) is 16.9 Å². The topological polar surface area (TPSA) is 24.9 Å². The molecule has 1 atom stereocenters. The van der Waals surface area contributed by atoms with Crippen molar-refractivity contribution >= 4 is 16.6 Å². The second-order valence-corrected chi connectivity index (χ2v) is 5.54. The van der Waals surface area contributed by atoms with Crippen LogP contribution in [0.4, 0.5) is 10.1 Å². The number of hydrogen-bond acceptors (Lipinski definition) is 2. The number of benzene rings is 2. The standard InChI is InChI=1S/C19H19FN2/c1-3-13(2)21-18-12-15-6-4-5-7-17(15)22-19(18)14-8-10-16(20)11-9-14/h4-13,21H,3H2,1-2H3. The average molecular weight is 294 g/mol. The van der Waals surface area contributed by atoms with E-state index < -0.39 is 0 Å². The number of fused-ring (bicyclic) bond motifs is 1. The molecule has 0 spiro atoms. The third-order valence-corrected chi connectivity index (χ3v) is 3.86. The summed E-state index contributed by atoms with van der Waals surface area (Å²) >= 11 is 0. The van der Waals surface area contributed by atoms with Crippen molar-refractivity contribution < 1.29 is 4.39 Å². The molecule has 2 aromatic carbocycles. The number of nitrogens with one attached hydrogen (secondary N) is 1. The van der Waals surface area contributed by atoms with E-state index in [4.69, 9.17) is 4.98 Å². The number of aromatic nitrogens is 1. The van der Waals surface area contributed by atoms with E-state index in [0.29, 0.717) is 6.04 Å². The zero-order valence-corrected chi connectivity index (χ0v) is 12.8. The van der Waals surface area contributed by atoms with Crippen molar-refractivity contribution in [1.29, 1.82) is 0 Å². The molecule has 1 unspecified atom stereocenters. The van der Waals surface area contributed by atoms with Gasteiger partial charge in [-0.2, -0.15) is 0 Å². The van der Waals surface area contributed by atoms with E-state index in [0.717, 1.165) is 34.3 Å². The van der Waals surface area contributed by atoms with Crippen LogP contribution < -0.4 is 5.32 Å². The predicted octanol–water partition coefficient (Wildman–Crippen LogP) is 5.25. The first-order valence-electron chi connectivity index (χ1n) is 7.59. The normalized spacial score (nSPS) is 12.3. The molecule has 0 bridgehead atoms. The van der Waals surface area contributed by atoms with Crippen LogP contribution in [0.2, 0.25) is 0 Å². The molecule has 1 aromatic heterocycles. The van der Waals surface area contributed by atoms with Crippen LogP contribution in [-0.2, 0) is 0 Å². The first-order chi connectivity index (χ1) is 10.7. The maximum atomic E-state index is 13.2. The number of halogens is 1. The van der Waals surface area contributed by atoms with Crippen LogP contribution in [0, 0.1) is 5.82 Å². The van der Waals surface area contributed by atoms with Gasteiger partial charge < -0.3 is 5.32 Å². The van der Waals surface area contributed by atoms with Gasteiger partial charge in [0.2, 0.25) is 0 Å². The van der Waals surface area contributed by atoms with Crippen LogP contribution in [0.1, 0.15) is 20.3 Å². The highest BCUT2D eigenvalue weighted by molar-refractivity contribution is 5.88. The average Bonchev–Trinajstić information content (AvgIpc) is 2.55. The molecule has 0 aliphatic heterocycles. The molecule has 3 aromatic rings. The second-order valence-electron chi connectivity index (χ2n) is 5.54. The monoisotopic (exact) mass is 294 g/mol. The highest BCUT2D eigenvalue weighted by atomic mass is 19.1. The lowest BCUT2D eigenvalue weighted by atomic mass is 10.1. The Morgan fingerprint density at radius 2 is 1.82 bits per heavy atom. The molecule has 0 amide bonds. The molecule has 3 heteroatoms. The fourth-order valence-electron chi connectivity index (χ4n) is 2.42. The molecule has 0 aliphatic rings. The van der Waals surface area contributed by atoms with Gasteiger partial charge in [0.25, 0.3) is 0 Å². The minimum absolute atomic E-state index is 0.235. The predicted molar refractivity (Wildman–Crippen MR) is 90.5 cm³/mol. The largest absolute Gasteiger partial charge is 0.381 e. The SMILES string of the molecule is CCC(C)Nc1cc2ccccc2nc1-c1ccc(F)cc1. The third kappa shape index (κ3) is 2.93. The fraction of sp³-hybridized carbons (Fsp3) is 0.211. The van der Waals surface area contributed by atoms with Crippen LogP contribution in [-0.4, -0.2) is 11.0 Å².